The van der Waals surface area contributed by atoms with Crippen LogP contribution in [0.4, 0.5) is 18.9 Å². The molecule has 0 bridgehead atoms. The third kappa shape index (κ3) is 4.42. The van der Waals surface area contributed by atoms with Crippen LogP contribution in [0.25, 0.3) is 0 Å². The summed E-state index contributed by atoms with van der Waals surface area (Å²) in [7, 11) is 0. The van der Waals surface area contributed by atoms with Crippen LogP contribution in [0.15, 0.2) is 18.2 Å². The van der Waals surface area contributed by atoms with Crippen LogP contribution in [0.3, 0.4) is 0 Å². The molecule has 0 unspecified atom stereocenters. The van der Waals surface area contributed by atoms with Gasteiger partial charge < -0.3 is 9.80 Å². The van der Waals surface area contributed by atoms with Crippen molar-refractivity contribution in [3.63, 3.8) is 0 Å². The summed E-state index contributed by atoms with van der Waals surface area (Å²) in [6.07, 6.45) is -1.45. The van der Waals surface area contributed by atoms with Crippen LogP contribution in [0.5, 0.6) is 0 Å². The number of halogens is 3. The quantitative estimate of drug-likeness (QED) is 0.804. The van der Waals surface area contributed by atoms with E-state index in [1.165, 1.54) is 6.07 Å². The Morgan fingerprint density at radius 2 is 1.79 bits per heavy atom. The van der Waals surface area contributed by atoms with Gasteiger partial charge in [0.25, 0.3) is 0 Å². The van der Waals surface area contributed by atoms with Gasteiger partial charge in [0.15, 0.2) is 0 Å². The van der Waals surface area contributed by atoms with Crippen LogP contribution in [-0.2, 0) is 17.4 Å². The third-order valence-corrected chi connectivity index (χ3v) is 4.49. The first-order chi connectivity index (χ1) is 11.4. The Bertz CT molecular complexity index is 564. The molecule has 1 saturated heterocycles. The number of anilines is 1. The summed E-state index contributed by atoms with van der Waals surface area (Å²) in [5, 5.41) is 0. The fourth-order valence-electron chi connectivity index (χ4n) is 2.99. The van der Waals surface area contributed by atoms with Crippen molar-refractivity contribution in [3.8, 4) is 0 Å². The van der Waals surface area contributed by atoms with E-state index in [9.17, 15) is 18.0 Å². The minimum atomic E-state index is -4.37. The summed E-state index contributed by atoms with van der Waals surface area (Å²) < 4.78 is 40.1. The summed E-state index contributed by atoms with van der Waals surface area (Å²) in [4.78, 5) is 15.5. The lowest BCUT2D eigenvalue weighted by molar-refractivity contribution is -0.137. The summed E-state index contributed by atoms with van der Waals surface area (Å²) >= 11 is 0. The van der Waals surface area contributed by atoms with E-state index >= 15 is 0 Å². The van der Waals surface area contributed by atoms with Crippen molar-refractivity contribution in [2.24, 2.45) is 0 Å². The molecule has 1 heterocycles. The molecule has 1 fully saturated rings. The van der Waals surface area contributed by atoms with Crippen LogP contribution in [-0.4, -0.2) is 37.0 Å². The van der Waals surface area contributed by atoms with Crippen molar-refractivity contribution in [1.29, 1.82) is 0 Å². The number of amides is 1. The largest absolute Gasteiger partial charge is 0.418 e. The van der Waals surface area contributed by atoms with E-state index in [4.69, 9.17) is 0 Å². The molecular weight excluding hydrogens is 317 g/mol. The van der Waals surface area contributed by atoms with Crippen molar-refractivity contribution in [3.05, 3.63) is 29.3 Å². The number of piperazine rings is 1. The van der Waals surface area contributed by atoms with Crippen LogP contribution < -0.4 is 4.90 Å². The Morgan fingerprint density at radius 3 is 2.33 bits per heavy atom. The first-order valence-corrected chi connectivity index (χ1v) is 8.59. The van der Waals surface area contributed by atoms with Crippen LogP contribution in [0, 0.1) is 0 Å². The molecule has 0 spiro atoms. The maximum Gasteiger partial charge on any atom is 0.418 e. The number of rotatable bonds is 5. The molecule has 3 nitrogen and oxygen atoms in total. The minimum Gasteiger partial charge on any atom is -0.367 e. The topological polar surface area (TPSA) is 23.6 Å². The van der Waals surface area contributed by atoms with Crippen molar-refractivity contribution in [2.75, 3.05) is 31.1 Å². The highest BCUT2D eigenvalue weighted by atomic mass is 19.4. The van der Waals surface area contributed by atoms with E-state index in [0.717, 1.165) is 12.8 Å². The summed E-state index contributed by atoms with van der Waals surface area (Å²) in [5.74, 6) is 0.105. The molecule has 0 N–H and O–H groups in total. The predicted octanol–water partition coefficient (Wildman–Crippen LogP) is 4.11. The molecule has 0 saturated carbocycles. The van der Waals surface area contributed by atoms with E-state index in [1.807, 2.05) is 13.8 Å². The van der Waals surface area contributed by atoms with Gasteiger partial charge in [0.05, 0.1) is 5.56 Å². The zero-order valence-electron chi connectivity index (χ0n) is 14.3. The molecule has 1 aliphatic heterocycles. The number of carbonyl (C=O) groups is 1. The molecule has 0 radical (unpaired) electrons. The maximum absolute atomic E-state index is 13.4. The second-order valence-electron chi connectivity index (χ2n) is 6.17. The van der Waals surface area contributed by atoms with Gasteiger partial charge in [-0.2, -0.15) is 13.2 Å². The highest BCUT2D eigenvalue weighted by Gasteiger charge is 2.35. The van der Waals surface area contributed by atoms with E-state index in [1.54, 1.807) is 21.9 Å². The van der Waals surface area contributed by atoms with Gasteiger partial charge in [-0.05, 0) is 30.5 Å². The molecule has 24 heavy (non-hydrogen) atoms. The predicted molar refractivity (Wildman–Crippen MR) is 89.1 cm³/mol. The van der Waals surface area contributed by atoms with E-state index < -0.39 is 11.7 Å². The van der Waals surface area contributed by atoms with Gasteiger partial charge in [0, 0.05) is 38.3 Å². The Kier molecular flexibility index (Phi) is 6.13. The average Bonchev–Trinajstić information content (AvgIpc) is 2.58. The maximum atomic E-state index is 13.4. The summed E-state index contributed by atoms with van der Waals surface area (Å²) in [6.45, 7) is 5.71. The number of unbranched alkanes of at least 4 members (excludes halogenated alkanes) is 1. The molecule has 1 aromatic rings. The molecular formula is C18H25F3N2O. The standard InChI is InChI=1S/C18H25F3N2O/c1-3-5-6-17(24)23-11-9-22(10-12-23)16-8-7-14(4-2)13-15(16)18(19,20)21/h7-8,13H,3-6,9-12H2,1-2H3. The minimum absolute atomic E-state index is 0.105. The highest BCUT2D eigenvalue weighted by Crippen LogP contribution is 2.37. The second-order valence-corrected chi connectivity index (χ2v) is 6.17. The smallest absolute Gasteiger partial charge is 0.367 e. The first-order valence-electron chi connectivity index (χ1n) is 8.59. The Balaban J connectivity index is 2.10. The van der Waals surface area contributed by atoms with Gasteiger partial charge in [-0.15, -0.1) is 0 Å². The zero-order chi connectivity index (χ0) is 17.7. The van der Waals surface area contributed by atoms with E-state index in [2.05, 4.69) is 0 Å². The fraction of sp³-hybridized carbons (Fsp3) is 0.611. The zero-order valence-corrected chi connectivity index (χ0v) is 14.3. The van der Waals surface area contributed by atoms with Crippen molar-refractivity contribution in [2.45, 2.75) is 45.7 Å². The normalized spacial score (nSPS) is 15.7. The molecule has 134 valence electrons. The Morgan fingerprint density at radius 1 is 1.12 bits per heavy atom. The van der Waals surface area contributed by atoms with Crippen molar-refractivity contribution >= 4 is 11.6 Å². The summed E-state index contributed by atoms with van der Waals surface area (Å²) in [5.41, 5.74) is 0.326. The van der Waals surface area contributed by atoms with Gasteiger partial charge in [-0.1, -0.05) is 26.3 Å². The monoisotopic (exact) mass is 342 g/mol. The number of hydrogen-bond acceptors (Lipinski definition) is 2. The van der Waals surface area contributed by atoms with E-state index in [0.29, 0.717) is 44.6 Å². The molecule has 1 amide bonds. The molecule has 2 rings (SSSR count). The van der Waals surface area contributed by atoms with Crippen molar-refractivity contribution in [1.82, 2.24) is 4.90 Å². The number of carbonyl (C=O) groups excluding carboxylic acids is 1. The van der Waals surface area contributed by atoms with Crippen LogP contribution in [0.2, 0.25) is 0 Å². The SMILES string of the molecule is CCCCC(=O)N1CCN(c2ccc(CC)cc2C(F)(F)F)CC1. The highest BCUT2D eigenvalue weighted by molar-refractivity contribution is 5.76. The fourth-order valence-corrected chi connectivity index (χ4v) is 2.99. The lowest BCUT2D eigenvalue weighted by atomic mass is 10.0. The van der Waals surface area contributed by atoms with E-state index in [-0.39, 0.29) is 11.6 Å². The molecule has 1 aromatic carbocycles. The third-order valence-electron chi connectivity index (χ3n) is 4.49. The number of aryl methyl sites for hydroxylation is 1. The van der Waals surface area contributed by atoms with Crippen LogP contribution in [0.1, 0.15) is 44.2 Å². The molecule has 0 aromatic heterocycles. The van der Waals surface area contributed by atoms with Gasteiger partial charge in [0.2, 0.25) is 5.91 Å². The van der Waals surface area contributed by atoms with Gasteiger partial charge in [-0.3, -0.25) is 4.79 Å². The summed E-state index contributed by atoms with van der Waals surface area (Å²) in [6, 6.07) is 4.56. The average molecular weight is 342 g/mol. The van der Waals surface area contributed by atoms with Gasteiger partial charge in [0.1, 0.15) is 0 Å². The van der Waals surface area contributed by atoms with Gasteiger partial charge in [-0.25, -0.2) is 0 Å². The lowest BCUT2D eigenvalue weighted by Gasteiger charge is -2.37. The lowest BCUT2D eigenvalue weighted by Crippen LogP contribution is -2.49. The first kappa shape index (κ1) is 18.6. The van der Waals surface area contributed by atoms with Crippen molar-refractivity contribution < 1.29 is 18.0 Å². The number of hydrogen-bond donors (Lipinski definition) is 0. The van der Waals surface area contributed by atoms with Gasteiger partial charge >= 0.3 is 6.18 Å². The number of alkyl halides is 3. The molecule has 0 aliphatic carbocycles. The molecule has 6 heteroatoms. The Labute approximate surface area is 141 Å². The number of benzene rings is 1. The van der Waals surface area contributed by atoms with Crippen LogP contribution >= 0.6 is 0 Å². The molecule has 0 atom stereocenters. The molecule has 1 aliphatic rings. The second kappa shape index (κ2) is 7.90. The number of nitrogens with zero attached hydrogens (tertiary/aromatic N) is 2. The Hall–Kier alpha value is -1.72.